The zero-order valence-corrected chi connectivity index (χ0v) is 19.8. The van der Waals surface area contributed by atoms with Gasteiger partial charge in [-0.3, -0.25) is 9.59 Å². The van der Waals surface area contributed by atoms with Crippen molar-refractivity contribution < 1.29 is 9.59 Å². The molecule has 1 saturated heterocycles. The summed E-state index contributed by atoms with van der Waals surface area (Å²) in [5, 5.41) is 3.77. The van der Waals surface area contributed by atoms with Gasteiger partial charge in [0.15, 0.2) is 0 Å². The molecule has 0 bridgehead atoms. The fourth-order valence-corrected chi connectivity index (χ4v) is 4.40. The van der Waals surface area contributed by atoms with E-state index in [0.717, 1.165) is 54.5 Å². The van der Waals surface area contributed by atoms with E-state index in [4.69, 9.17) is 11.6 Å². The van der Waals surface area contributed by atoms with Crippen LogP contribution in [-0.2, 0) is 4.79 Å². The van der Waals surface area contributed by atoms with Crippen molar-refractivity contribution in [2.24, 2.45) is 0 Å². The van der Waals surface area contributed by atoms with E-state index in [0.29, 0.717) is 22.8 Å². The molecule has 1 aliphatic heterocycles. The van der Waals surface area contributed by atoms with Crippen LogP contribution >= 0.6 is 11.6 Å². The molecule has 7 heteroatoms. The number of anilines is 1. The average molecular weight is 465 g/mol. The maximum atomic E-state index is 13.2. The highest BCUT2D eigenvalue weighted by molar-refractivity contribution is 6.31. The van der Waals surface area contributed by atoms with Gasteiger partial charge in [0.2, 0.25) is 5.91 Å². The fraction of sp³-hybridized carbons (Fsp3) is 0.346. The molecule has 2 heterocycles. The molecule has 1 aromatic heterocycles. The van der Waals surface area contributed by atoms with Crippen molar-refractivity contribution >= 4 is 40.1 Å². The van der Waals surface area contributed by atoms with Crippen molar-refractivity contribution in [3.63, 3.8) is 0 Å². The lowest BCUT2D eigenvalue weighted by molar-refractivity contribution is -0.117. The molecule has 0 aliphatic carbocycles. The minimum atomic E-state index is -0.273. The predicted octanol–water partition coefficient (Wildman–Crippen LogP) is 5.87. The Kier molecular flexibility index (Phi) is 7.14. The van der Waals surface area contributed by atoms with Crippen LogP contribution in [0.4, 0.5) is 5.69 Å². The van der Waals surface area contributed by atoms with Crippen LogP contribution in [0.5, 0.6) is 0 Å². The number of imidazole rings is 1. The smallest absolute Gasteiger partial charge is 0.251 e. The van der Waals surface area contributed by atoms with Crippen LogP contribution in [-0.4, -0.2) is 28.3 Å². The third-order valence-corrected chi connectivity index (χ3v) is 6.18. The lowest BCUT2D eigenvalue weighted by Crippen LogP contribution is -2.30. The van der Waals surface area contributed by atoms with Gasteiger partial charge in [-0.05, 0) is 74.6 Å². The molecule has 1 aliphatic rings. The van der Waals surface area contributed by atoms with E-state index >= 15 is 0 Å². The maximum absolute atomic E-state index is 13.2. The zero-order chi connectivity index (χ0) is 23.4. The van der Waals surface area contributed by atoms with Crippen LogP contribution in [0, 0.1) is 6.92 Å². The highest BCUT2D eigenvalue weighted by atomic mass is 35.5. The lowest BCUT2D eigenvalue weighted by Gasteiger charge is -2.20. The highest BCUT2D eigenvalue weighted by Crippen LogP contribution is 2.27. The molecule has 0 radical (unpaired) electrons. The van der Waals surface area contributed by atoms with E-state index in [1.165, 1.54) is 0 Å². The monoisotopic (exact) mass is 464 g/mol. The van der Waals surface area contributed by atoms with Crippen LogP contribution in [0.1, 0.15) is 66.8 Å². The van der Waals surface area contributed by atoms with Gasteiger partial charge >= 0.3 is 0 Å². The van der Waals surface area contributed by atoms with Gasteiger partial charge in [0.05, 0.1) is 17.1 Å². The van der Waals surface area contributed by atoms with Crippen molar-refractivity contribution in [2.75, 3.05) is 11.4 Å². The molecule has 2 N–H and O–H groups in total. The van der Waals surface area contributed by atoms with Gasteiger partial charge in [-0.1, -0.05) is 30.7 Å². The molecular weight excluding hydrogens is 436 g/mol. The van der Waals surface area contributed by atoms with Crippen LogP contribution in [0.2, 0.25) is 5.02 Å². The summed E-state index contributed by atoms with van der Waals surface area (Å²) in [6.07, 6.45) is 8.23. The number of hydrogen-bond donors (Lipinski definition) is 2. The molecule has 0 unspecified atom stereocenters. The number of aromatic amines is 1. The van der Waals surface area contributed by atoms with Gasteiger partial charge in [0.1, 0.15) is 5.82 Å². The molecule has 172 valence electrons. The summed E-state index contributed by atoms with van der Waals surface area (Å²) in [6, 6.07) is 10.8. The minimum absolute atomic E-state index is 0.139. The number of amides is 2. The van der Waals surface area contributed by atoms with Crippen LogP contribution in [0.3, 0.4) is 0 Å². The Labute approximate surface area is 199 Å². The van der Waals surface area contributed by atoms with Crippen LogP contribution in [0.15, 0.2) is 48.6 Å². The second-order valence-corrected chi connectivity index (χ2v) is 8.85. The number of benzene rings is 2. The third-order valence-electron chi connectivity index (χ3n) is 5.95. The van der Waals surface area contributed by atoms with E-state index in [2.05, 4.69) is 34.4 Å². The number of aromatic nitrogens is 2. The summed E-state index contributed by atoms with van der Waals surface area (Å²) in [4.78, 5) is 35.1. The molecule has 1 fully saturated rings. The Morgan fingerprint density at radius 1 is 1.27 bits per heavy atom. The molecule has 3 aromatic rings. The number of carbonyl (C=O) groups is 2. The summed E-state index contributed by atoms with van der Waals surface area (Å²) in [6.45, 7) is 4.77. The number of carbonyl (C=O) groups excluding carboxylic acids is 2. The van der Waals surface area contributed by atoms with E-state index in [1.54, 1.807) is 11.0 Å². The SMILES string of the molecule is CC/C=C/CC[C@H](NC(=O)c1ccc(N2CCCC2=O)c(C)c1)c1nc2cc(Cl)ccc2[nH]1. The number of hydrogen-bond acceptors (Lipinski definition) is 3. The van der Waals surface area contributed by atoms with Gasteiger partial charge in [-0.15, -0.1) is 0 Å². The summed E-state index contributed by atoms with van der Waals surface area (Å²) >= 11 is 6.12. The number of H-pyrrole nitrogens is 1. The van der Waals surface area contributed by atoms with Crippen LogP contribution in [0.25, 0.3) is 11.0 Å². The number of halogens is 1. The number of rotatable bonds is 8. The fourth-order valence-electron chi connectivity index (χ4n) is 4.23. The molecule has 0 saturated carbocycles. The first-order valence-electron chi connectivity index (χ1n) is 11.5. The number of fused-ring (bicyclic) bond motifs is 1. The van der Waals surface area contributed by atoms with Gasteiger partial charge in [-0.2, -0.15) is 0 Å². The Balaban J connectivity index is 1.55. The molecule has 1 atom stereocenters. The molecule has 33 heavy (non-hydrogen) atoms. The number of nitrogens with one attached hydrogen (secondary N) is 2. The Morgan fingerprint density at radius 3 is 2.85 bits per heavy atom. The van der Waals surface area contributed by atoms with Gasteiger partial charge in [0.25, 0.3) is 5.91 Å². The van der Waals surface area contributed by atoms with Crippen molar-refractivity contribution in [3.05, 3.63) is 70.5 Å². The second-order valence-electron chi connectivity index (χ2n) is 8.42. The molecule has 6 nitrogen and oxygen atoms in total. The van der Waals surface area contributed by atoms with Crippen molar-refractivity contribution in [1.29, 1.82) is 0 Å². The average Bonchev–Trinajstić information content (AvgIpc) is 3.41. The van der Waals surface area contributed by atoms with Gasteiger partial charge < -0.3 is 15.2 Å². The van der Waals surface area contributed by atoms with E-state index < -0.39 is 0 Å². The Bertz CT molecular complexity index is 1200. The minimum Gasteiger partial charge on any atom is -0.342 e. The van der Waals surface area contributed by atoms with Gasteiger partial charge in [-0.25, -0.2) is 4.98 Å². The van der Waals surface area contributed by atoms with Crippen molar-refractivity contribution in [2.45, 2.75) is 52.0 Å². The number of allylic oxidation sites excluding steroid dienone is 2. The molecule has 4 rings (SSSR count). The zero-order valence-electron chi connectivity index (χ0n) is 19.0. The molecular formula is C26H29ClN4O2. The van der Waals surface area contributed by atoms with Crippen molar-refractivity contribution in [3.8, 4) is 0 Å². The van der Waals surface area contributed by atoms with E-state index in [1.807, 2.05) is 37.3 Å². The third kappa shape index (κ3) is 5.28. The maximum Gasteiger partial charge on any atom is 0.251 e. The molecule has 2 aromatic carbocycles. The summed E-state index contributed by atoms with van der Waals surface area (Å²) in [7, 11) is 0. The first kappa shape index (κ1) is 23.1. The highest BCUT2D eigenvalue weighted by Gasteiger charge is 2.24. The van der Waals surface area contributed by atoms with E-state index in [-0.39, 0.29) is 17.9 Å². The van der Waals surface area contributed by atoms with E-state index in [9.17, 15) is 9.59 Å². The first-order chi connectivity index (χ1) is 16.0. The summed E-state index contributed by atoms with van der Waals surface area (Å²) in [5.74, 6) is 0.683. The lowest BCUT2D eigenvalue weighted by atomic mass is 10.1. The largest absolute Gasteiger partial charge is 0.342 e. The quantitative estimate of drug-likeness (QED) is 0.409. The van der Waals surface area contributed by atoms with Crippen LogP contribution < -0.4 is 10.2 Å². The predicted molar refractivity (Wildman–Crippen MR) is 133 cm³/mol. The second kappa shape index (κ2) is 10.2. The molecule has 2 amide bonds. The first-order valence-corrected chi connectivity index (χ1v) is 11.9. The Morgan fingerprint density at radius 2 is 2.12 bits per heavy atom. The summed E-state index contributed by atoms with van der Waals surface area (Å²) < 4.78 is 0. The van der Waals surface area contributed by atoms with Gasteiger partial charge in [0, 0.05) is 29.2 Å². The molecule has 0 spiro atoms. The number of aryl methyl sites for hydroxylation is 1. The summed E-state index contributed by atoms with van der Waals surface area (Å²) in [5.41, 5.74) is 4.02. The Hall–Kier alpha value is -3.12. The normalized spacial score (nSPS) is 15.0. The topological polar surface area (TPSA) is 78.1 Å². The standard InChI is InChI=1S/C26H29ClN4O2/c1-3-4-5-6-8-21(25-28-20-12-11-19(27)16-22(20)29-25)30-26(33)18-10-13-23(17(2)15-18)31-14-7-9-24(31)32/h4-5,10-13,15-16,21H,3,6-9,14H2,1-2H3,(H,28,29)(H,30,33)/b5-4+/t21-/m0/s1. The van der Waals surface area contributed by atoms with Crippen molar-refractivity contribution in [1.82, 2.24) is 15.3 Å². The number of nitrogens with zero attached hydrogens (tertiary/aromatic N) is 2.